The molecule has 0 aromatic heterocycles. The molecular formula is C15H24N2. The monoisotopic (exact) mass is 232 g/mol. The lowest BCUT2D eigenvalue weighted by molar-refractivity contribution is 0.183. The van der Waals surface area contributed by atoms with E-state index in [1.54, 1.807) is 0 Å². The van der Waals surface area contributed by atoms with Gasteiger partial charge in [-0.05, 0) is 38.4 Å². The molecule has 2 heteroatoms. The summed E-state index contributed by atoms with van der Waals surface area (Å²) < 4.78 is 0. The van der Waals surface area contributed by atoms with Gasteiger partial charge in [0.1, 0.15) is 0 Å². The number of likely N-dealkylation sites (N-methyl/N-ethyl adjacent to an activating group) is 2. The van der Waals surface area contributed by atoms with Crippen LogP contribution in [0.1, 0.15) is 30.4 Å². The van der Waals surface area contributed by atoms with Gasteiger partial charge in [0.2, 0.25) is 0 Å². The third kappa shape index (κ3) is 3.08. The van der Waals surface area contributed by atoms with Gasteiger partial charge in [-0.2, -0.15) is 0 Å². The van der Waals surface area contributed by atoms with Crippen LogP contribution in [0.2, 0.25) is 0 Å². The SMILES string of the molecule is CCN1CC(NC)CC(c2cccc(C)c2)C1. The van der Waals surface area contributed by atoms with Crippen molar-refractivity contribution in [2.24, 2.45) is 0 Å². The molecule has 0 saturated carbocycles. The molecule has 2 unspecified atom stereocenters. The number of nitrogens with zero attached hydrogens (tertiary/aromatic N) is 1. The number of likely N-dealkylation sites (tertiary alicyclic amines) is 1. The van der Waals surface area contributed by atoms with E-state index < -0.39 is 0 Å². The molecule has 0 bridgehead atoms. The summed E-state index contributed by atoms with van der Waals surface area (Å²) in [7, 11) is 2.08. The van der Waals surface area contributed by atoms with E-state index in [2.05, 4.69) is 55.4 Å². The van der Waals surface area contributed by atoms with Crippen LogP contribution in [0.3, 0.4) is 0 Å². The molecule has 1 aromatic rings. The van der Waals surface area contributed by atoms with E-state index in [4.69, 9.17) is 0 Å². The molecule has 1 fully saturated rings. The summed E-state index contributed by atoms with van der Waals surface area (Å²) in [5.74, 6) is 0.682. The predicted molar refractivity (Wildman–Crippen MR) is 73.5 cm³/mol. The Balaban J connectivity index is 2.14. The Morgan fingerprint density at radius 2 is 2.18 bits per heavy atom. The standard InChI is InChI=1S/C15H24N2/c1-4-17-10-14(9-15(11-17)16-3)13-7-5-6-12(2)8-13/h5-8,14-16H,4,9-11H2,1-3H3. The first kappa shape index (κ1) is 12.6. The van der Waals surface area contributed by atoms with E-state index >= 15 is 0 Å². The van der Waals surface area contributed by atoms with Gasteiger partial charge in [0.25, 0.3) is 0 Å². The molecule has 0 aliphatic carbocycles. The Kier molecular flexibility index (Phi) is 4.19. The first-order valence-electron chi connectivity index (χ1n) is 6.69. The normalized spacial score (nSPS) is 26.1. The van der Waals surface area contributed by atoms with Gasteiger partial charge in [-0.1, -0.05) is 36.8 Å². The molecule has 1 aliphatic heterocycles. The van der Waals surface area contributed by atoms with Crippen LogP contribution in [0, 0.1) is 6.92 Å². The fourth-order valence-electron chi connectivity index (χ4n) is 2.82. The van der Waals surface area contributed by atoms with Crippen LogP contribution in [0.4, 0.5) is 0 Å². The summed E-state index contributed by atoms with van der Waals surface area (Å²) in [5, 5.41) is 3.44. The van der Waals surface area contributed by atoms with Crippen LogP contribution in [-0.4, -0.2) is 37.6 Å². The number of hydrogen-bond acceptors (Lipinski definition) is 2. The maximum atomic E-state index is 3.44. The van der Waals surface area contributed by atoms with E-state index in [1.807, 2.05) is 0 Å². The van der Waals surface area contributed by atoms with Crippen LogP contribution >= 0.6 is 0 Å². The molecule has 94 valence electrons. The van der Waals surface area contributed by atoms with E-state index in [0.29, 0.717) is 12.0 Å². The largest absolute Gasteiger partial charge is 0.316 e. The van der Waals surface area contributed by atoms with Gasteiger partial charge >= 0.3 is 0 Å². The van der Waals surface area contributed by atoms with Crippen molar-refractivity contribution in [3.05, 3.63) is 35.4 Å². The quantitative estimate of drug-likeness (QED) is 0.861. The van der Waals surface area contributed by atoms with Crippen molar-refractivity contribution >= 4 is 0 Å². The minimum absolute atomic E-state index is 0.634. The number of rotatable bonds is 3. The lowest BCUT2D eigenvalue weighted by Gasteiger charge is -2.37. The summed E-state index contributed by atoms with van der Waals surface area (Å²) in [6, 6.07) is 9.62. The van der Waals surface area contributed by atoms with Crippen molar-refractivity contribution < 1.29 is 0 Å². The lowest BCUT2D eigenvalue weighted by Crippen LogP contribution is -2.47. The molecule has 2 rings (SSSR count). The van der Waals surface area contributed by atoms with Crippen LogP contribution in [0.15, 0.2) is 24.3 Å². The highest BCUT2D eigenvalue weighted by atomic mass is 15.2. The first-order chi connectivity index (χ1) is 8.22. The van der Waals surface area contributed by atoms with Crippen LogP contribution in [-0.2, 0) is 0 Å². The number of hydrogen-bond donors (Lipinski definition) is 1. The zero-order chi connectivity index (χ0) is 12.3. The lowest BCUT2D eigenvalue weighted by atomic mass is 9.87. The van der Waals surface area contributed by atoms with Crippen LogP contribution in [0.5, 0.6) is 0 Å². The smallest absolute Gasteiger partial charge is 0.0198 e. The zero-order valence-corrected chi connectivity index (χ0v) is 11.2. The Labute approximate surface area is 105 Å². The number of aryl methyl sites for hydroxylation is 1. The molecular weight excluding hydrogens is 208 g/mol. The molecule has 2 atom stereocenters. The Hall–Kier alpha value is -0.860. The van der Waals surface area contributed by atoms with E-state index in [-0.39, 0.29) is 0 Å². The highest BCUT2D eigenvalue weighted by molar-refractivity contribution is 5.26. The summed E-state index contributed by atoms with van der Waals surface area (Å²) >= 11 is 0. The average Bonchev–Trinajstić information content (AvgIpc) is 2.38. The zero-order valence-electron chi connectivity index (χ0n) is 11.2. The second-order valence-corrected chi connectivity index (χ2v) is 5.18. The Morgan fingerprint density at radius 3 is 2.82 bits per heavy atom. The molecule has 2 nitrogen and oxygen atoms in total. The van der Waals surface area contributed by atoms with Crippen LogP contribution < -0.4 is 5.32 Å². The fraction of sp³-hybridized carbons (Fsp3) is 0.600. The third-order valence-corrected chi connectivity index (χ3v) is 3.90. The van der Waals surface area contributed by atoms with Crippen LogP contribution in [0.25, 0.3) is 0 Å². The molecule has 1 saturated heterocycles. The van der Waals surface area contributed by atoms with Crippen molar-refractivity contribution in [3.8, 4) is 0 Å². The summed E-state index contributed by atoms with van der Waals surface area (Å²) in [5.41, 5.74) is 2.88. The second-order valence-electron chi connectivity index (χ2n) is 5.18. The summed E-state index contributed by atoms with van der Waals surface area (Å²) in [4.78, 5) is 2.55. The number of benzene rings is 1. The van der Waals surface area contributed by atoms with Gasteiger partial charge in [-0.3, -0.25) is 0 Å². The van der Waals surface area contributed by atoms with E-state index in [9.17, 15) is 0 Å². The van der Waals surface area contributed by atoms with Crippen molar-refractivity contribution in [2.75, 3.05) is 26.7 Å². The maximum absolute atomic E-state index is 3.44. The van der Waals surface area contributed by atoms with Gasteiger partial charge in [0.15, 0.2) is 0 Å². The fourth-order valence-corrected chi connectivity index (χ4v) is 2.82. The van der Waals surface area contributed by atoms with Gasteiger partial charge in [-0.25, -0.2) is 0 Å². The van der Waals surface area contributed by atoms with Gasteiger partial charge in [-0.15, -0.1) is 0 Å². The number of nitrogens with one attached hydrogen (secondary N) is 1. The topological polar surface area (TPSA) is 15.3 Å². The molecule has 1 aliphatic rings. The molecule has 0 amide bonds. The number of piperidine rings is 1. The highest BCUT2D eigenvalue weighted by Gasteiger charge is 2.26. The second kappa shape index (κ2) is 5.65. The minimum Gasteiger partial charge on any atom is -0.316 e. The van der Waals surface area contributed by atoms with Crippen molar-refractivity contribution in [3.63, 3.8) is 0 Å². The average molecular weight is 232 g/mol. The van der Waals surface area contributed by atoms with Gasteiger partial charge in [0, 0.05) is 19.1 Å². The molecule has 1 aromatic carbocycles. The van der Waals surface area contributed by atoms with Gasteiger partial charge < -0.3 is 10.2 Å². The first-order valence-corrected chi connectivity index (χ1v) is 6.69. The van der Waals surface area contributed by atoms with E-state index in [1.165, 1.54) is 30.6 Å². The minimum atomic E-state index is 0.634. The molecule has 0 spiro atoms. The third-order valence-electron chi connectivity index (χ3n) is 3.90. The summed E-state index contributed by atoms with van der Waals surface area (Å²) in [6.45, 7) is 7.98. The van der Waals surface area contributed by atoms with Crippen molar-refractivity contribution in [2.45, 2.75) is 32.2 Å². The predicted octanol–water partition coefficient (Wildman–Crippen LogP) is 2.39. The Morgan fingerprint density at radius 1 is 1.35 bits per heavy atom. The highest BCUT2D eigenvalue weighted by Crippen LogP contribution is 2.27. The van der Waals surface area contributed by atoms with Crippen molar-refractivity contribution in [1.82, 2.24) is 10.2 Å². The van der Waals surface area contributed by atoms with Crippen molar-refractivity contribution in [1.29, 1.82) is 0 Å². The molecule has 17 heavy (non-hydrogen) atoms. The Bertz CT molecular complexity index is 350. The molecule has 1 heterocycles. The summed E-state index contributed by atoms with van der Waals surface area (Å²) in [6.07, 6.45) is 1.26. The molecule has 0 radical (unpaired) electrons. The molecule has 1 N–H and O–H groups in total. The van der Waals surface area contributed by atoms with E-state index in [0.717, 1.165) is 6.54 Å². The van der Waals surface area contributed by atoms with Gasteiger partial charge in [0.05, 0.1) is 0 Å². The maximum Gasteiger partial charge on any atom is 0.0198 e.